The van der Waals surface area contributed by atoms with Gasteiger partial charge in [-0.05, 0) is 13.0 Å². The minimum absolute atomic E-state index is 0.273. The van der Waals surface area contributed by atoms with E-state index < -0.39 is 11.7 Å². The van der Waals surface area contributed by atoms with Crippen molar-refractivity contribution in [2.24, 2.45) is 5.16 Å². The normalized spacial score (nSPS) is 11.4. The van der Waals surface area contributed by atoms with Gasteiger partial charge in [0, 0.05) is 5.56 Å². The molecule has 1 rings (SSSR count). The SMILES string of the molecule is Cc1cccc(/C(=N/O)C(=O)F)c1. The molecule has 1 aromatic rings. The lowest BCUT2D eigenvalue weighted by Crippen LogP contribution is -2.10. The topological polar surface area (TPSA) is 49.7 Å². The van der Waals surface area contributed by atoms with Gasteiger partial charge in [0.1, 0.15) is 0 Å². The fourth-order valence-electron chi connectivity index (χ4n) is 1.00. The van der Waals surface area contributed by atoms with E-state index >= 15 is 0 Å². The first-order valence-electron chi connectivity index (χ1n) is 3.64. The van der Waals surface area contributed by atoms with E-state index in [1.54, 1.807) is 25.1 Å². The average molecular weight is 181 g/mol. The first-order chi connectivity index (χ1) is 6.15. The number of nitrogens with zero attached hydrogens (tertiary/aromatic N) is 1. The monoisotopic (exact) mass is 181 g/mol. The molecule has 0 aliphatic rings. The Morgan fingerprint density at radius 3 is 2.69 bits per heavy atom. The molecule has 0 aromatic heterocycles. The summed E-state index contributed by atoms with van der Waals surface area (Å²) in [4.78, 5) is 10.3. The van der Waals surface area contributed by atoms with Crippen LogP contribution in [0.5, 0.6) is 0 Å². The molecular formula is C9H8FNO2. The molecule has 68 valence electrons. The molecule has 0 atom stereocenters. The molecular weight excluding hydrogens is 173 g/mol. The van der Waals surface area contributed by atoms with Crippen molar-refractivity contribution in [3.63, 3.8) is 0 Å². The van der Waals surface area contributed by atoms with Gasteiger partial charge in [-0.25, -0.2) is 0 Å². The first kappa shape index (κ1) is 9.38. The Hall–Kier alpha value is -1.71. The Labute approximate surface area is 74.5 Å². The Morgan fingerprint density at radius 1 is 1.54 bits per heavy atom. The molecule has 0 radical (unpaired) electrons. The minimum atomic E-state index is -1.74. The van der Waals surface area contributed by atoms with Crippen LogP contribution in [0.1, 0.15) is 11.1 Å². The number of carbonyl (C=O) groups excluding carboxylic acids is 1. The number of halogens is 1. The Bertz CT molecular complexity index is 360. The van der Waals surface area contributed by atoms with E-state index in [9.17, 15) is 9.18 Å². The third-order valence-corrected chi connectivity index (χ3v) is 1.58. The van der Waals surface area contributed by atoms with Crippen molar-refractivity contribution >= 4 is 11.7 Å². The summed E-state index contributed by atoms with van der Waals surface area (Å²) in [7, 11) is 0. The van der Waals surface area contributed by atoms with Crippen LogP contribution in [0.15, 0.2) is 29.4 Å². The van der Waals surface area contributed by atoms with Crippen molar-refractivity contribution in [3.8, 4) is 0 Å². The summed E-state index contributed by atoms with van der Waals surface area (Å²) in [5, 5.41) is 11.0. The maximum atomic E-state index is 12.3. The molecule has 0 saturated carbocycles. The molecule has 0 bridgehead atoms. The van der Waals surface area contributed by atoms with Crippen LogP contribution in [0.2, 0.25) is 0 Å². The number of rotatable bonds is 2. The number of benzene rings is 1. The highest BCUT2D eigenvalue weighted by atomic mass is 19.1. The van der Waals surface area contributed by atoms with E-state index in [0.29, 0.717) is 0 Å². The number of oxime groups is 1. The van der Waals surface area contributed by atoms with Crippen LogP contribution in [-0.2, 0) is 4.79 Å². The van der Waals surface area contributed by atoms with Crippen LogP contribution in [0.3, 0.4) is 0 Å². The van der Waals surface area contributed by atoms with Crippen LogP contribution in [0.4, 0.5) is 4.39 Å². The van der Waals surface area contributed by atoms with Gasteiger partial charge in [0.15, 0.2) is 5.71 Å². The van der Waals surface area contributed by atoms with Crippen LogP contribution >= 0.6 is 0 Å². The lowest BCUT2D eigenvalue weighted by atomic mass is 10.1. The van der Waals surface area contributed by atoms with Crippen LogP contribution in [0, 0.1) is 6.92 Å². The zero-order chi connectivity index (χ0) is 9.84. The van der Waals surface area contributed by atoms with Gasteiger partial charge in [0.2, 0.25) is 0 Å². The second-order valence-electron chi connectivity index (χ2n) is 2.59. The maximum Gasteiger partial charge on any atom is 0.354 e. The summed E-state index contributed by atoms with van der Waals surface area (Å²) < 4.78 is 12.3. The highest BCUT2D eigenvalue weighted by Gasteiger charge is 2.13. The number of hydrogen-bond acceptors (Lipinski definition) is 3. The van der Waals surface area contributed by atoms with Crippen molar-refractivity contribution in [1.82, 2.24) is 0 Å². The van der Waals surface area contributed by atoms with E-state index in [-0.39, 0.29) is 5.56 Å². The van der Waals surface area contributed by atoms with Crippen molar-refractivity contribution in [2.75, 3.05) is 0 Å². The highest BCUT2D eigenvalue weighted by Crippen LogP contribution is 2.06. The summed E-state index contributed by atoms with van der Waals surface area (Å²) in [5.41, 5.74) is 0.568. The van der Waals surface area contributed by atoms with E-state index in [0.717, 1.165) is 5.56 Å². The molecule has 1 aromatic carbocycles. The predicted molar refractivity (Wildman–Crippen MR) is 45.6 cm³/mol. The molecule has 4 heteroatoms. The minimum Gasteiger partial charge on any atom is -0.410 e. The fourth-order valence-corrected chi connectivity index (χ4v) is 1.00. The lowest BCUT2D eigenvalue weighted by molar-refractivity contribution is -0.122. The fraction of sp³-hybridized carbons (Fsp3) is 0.111. The van der Waals surface area contributed by atoms with Gasteiger partial charge in [0.25, 0.3) is 0 Å². The molecule has 0 unspecified atom stereocenters. The van der Waals surface area contributed by atoms with Crippen LogP contribution in [0.25, 0.3) is 0 Å². The molecule has 3 nitrogen and oxygen atoms in total. The average Bonchev–Trinajstić information content (AvgIpc) is 2.04. The van der Waals surface area contributed by atoms with Crippen molar-refractivity contribution < 1.29 is 14.4 Å². The summed E-state index contributed by atoms with van der Waals surface area (Å²) in [6.07, 6.45) is 0. The molecule has 0 aliphatic heterocycles. The standard InChI is InChI=1S/C9H8FNO2/c1-6-3-2-4-7(5-6)8(11-13)9(10)12/h2-5,13H,1H3/b11-8-. The summed E-state index contributed by atoms with van der Waals surface area (Å²) >= 11 is 0. The van der Waals surface area contributed by atoms with Crippen molar-refractivity contribution in [1.29, 1.82) is 0 Å². The molecule has 0 amide bonds. The third-order valence-electron chi connectivity index (χ3n) is 1.58. The van der Waals surface area contributed by atoms with Gasteiger partial charge < -0.3 is 5.21 Å². The van der Waals surface area contributed by atoms with E-state index in [1.807, 2.05) is 0 Å². The number of aryl methyl sites for hydroxylation is 1. The molecule has 13 heavy (non-hydrogen) atoms. The molecule has 0 heterocycles. The Kier molecular flexibility index (Phi) is 2.74. The molecule has 0 aliphatic carbocycles. The quantitative estimate of drug-likeness (QED) is 0.326. The summed E-state index contributed by atoms with van der Waals surface area (Å²) in [6.45, 7) is 1.79. The van der Waals surface area contributed by atoms with Gasteiger partial charge >= 0.3 is 6.04 Å². The highest BCUT2D eigenvalue weighted by molar-refractivity contribution is 6.42. The first-order valence-corrected chi connectivity index (χ1v) is 3.64. The van der Waals surface area contributed by atoms with Gasteiger partial charge in [-0.1, -0.05) is 28.9 Å². The zero-order valence-electron chi connectivity index (χ0n) is 6.99. The summed E-state index contributed by atoms with van der Waals surface area (Å²) in [6, 6.07) is 4.76. The molecule has 0 spiro atoms. The van der Waals surface area contributed by atoms with Gasteiger partial charge in [0.05, 0.1) is 0 Å². The second kappa shape index (κ2) is 3.80. The lowest BCUT2D eigenvalue weighted by Gasteiger charge is -1.98. The smallest absolute Gasteiger partial charge is 0.354 e. The van der Waals surface area contributed by atoms with Gasteiger partial charge in [-0.3, -0.25) is 4.79 Å². The zero-order valence-corrected chi connectivity index (χ0v) is 6.99. The summed E-state index contributed by atoms with van der Waals surface area (Å²) in [5.74, 6) is 0. The maximum absolute atomic E-state index is 12.3. The van der Waals surface area contributed by atoms with Crippen molar-refractivity contribution in [3.05, 3.63) is 35.4 Å². The Morgan fingerprint density at radius 2 is 2.23 bits per heavy atom. The van der Waals surface area contributed by atoms with Crippen LogP contribution in [-0.4, -0.2) is 17.0 Å². The Balaban J connectivity index is 3.14. The van der Waals surface area contributed by atoms with Crippen LogP contribution < -0.4 is 0 Å². The molecule has 1 N–H and O–H groups in total. The van der Waals surface area contributed by atoms with Gasteiger partial charge in [-0.2, -0.15) is 4.39 Å². The number of carbonyl (C=O) groups is 1. The van der Waals surface area contributed by atoms with Crippen molar-refractivity contribution in [2.45, 2.75) is 6.92 Å². The largest absolute Gasteiger partial charge is 0.410 e. The van der Waals surface area contributed by atoms with E-state index in [4.69, 9.17) is 5.21 Å². The van der Waals surface area contributed by atoms with E-state index in [1.165, 1.54) is 6.07 Å². The van der Waals surface area contributed by atoms with Gasteiger partial charge in [-0.15, -0.1) is 0 Å². The number of hydrogen-bond donors (Lipinski definition) is 1. The third kappa shape index (κ3) is 2.11. The second-order valence-corrected chi connectivity index (χ2v) is 2.59. The molecule has 0 fully saturated rings. The predicted octanol–water partition coefficient (Wildman–Crippen LogP) is 1.67. The van der Waals surface area contributed by atoms with E-state index in [2.05, 4.69) is 5.16 Å². The molecule has 0 saturated heterocycles.